The maximum Gasteiger partial charge on any atom is 0.240 e. The van der Waals surface area contributed by atoms with Gasteiger partial charge in [-0.05, 0) is 32.6 Å². The summed E-state index contributed by atoms with van der Waals surface area (Å²) in [5.74, 6) is -0.971. The number of halogens is 1. The van der Waals surface area contributed by atoms with Crippen LogP contribution < -0.4 is 0 Å². The van der Waals surface area contributed by atoms with Crippen LogP contribution in [0.2, 0.25) is 5.02 Å². The molecule has 8 nitrogen and oxygen atoms in total. The zero-order valence-electron chi connectivity index (χ0n) is 18.2. The van der Waals surface area contributed by atoms with Gasteiger partial charge in [0.1, 0.15) is 12.0 Å². The number of rotatable bonds is 8. The van der Waals surface area contributed by atoms with Crippen molar-refractivity contribution in [2.75, 3.05) is 34.2 Å². The number of aromatic nitrogens is 1. The number of benzene rings is 1. The summed E-state index contributed by atoms with van der Waals surface area (Å²) in [4.78, 5) is 44.4. The highest BCUT2D eigenvalue weighted by Gasteiger charge is 2.54. The lowest BCUT2D eigenvalue weighted by atomic mass is 9.75. The van der Waals surface area contributed by atoms with Gasteiger partial charge in [0.25, 0.3) is 0 Å². The predicted octanol–water partition coefficient (Wildman–Crippen LogP) is 2.50. The first-order valence-electron chi connectivity index (χ1n) is 10.1. The maximum absolute atomic E-state index is 13.6. The topological polar surface area (TPSA) is 87.0 Å². The Balaban J connectivity index is 1.95. The summed E-state index contributed by atoms with van der Waals surface area (Å²) in [6, 6.07) is 8.24. The number of hydrogen-bond acceptors (Lipinski definition) is 6. The number of carbonyl (C=O) groups excluding carboxylic acids is 3. The minimum Gasteiger partial charge on any atom is -0.364 e. The molecule has 0 spiro atoms. The van der Waals surface area contributed by atoms with Crippen molar-refractivity contribution < 1.29 is 18.9 Å². The molecular formula is C22H27ClN4O4. The highest BCUT2D eigenvalue weighted by atomic mass is 35.5. The lowest BCUT2D eigenvalue weighted by Crippen LogP contribution is -2.44. The number of hydrogen-bond donors (Lipinski definition) is 0. The summed E-state index contributed by atoms with van der Waals surface area (Å²) < 4.78 is 4.88. The fraction of sp³-hybridized carbons (Fsp3) is 0.455. The maximum atomic E-state index is 13.6. The van der Waals surface area contributed by atoms with Crippen LogP contribution >= 0.6 is 11.6 Å². The standard InChI is InChI=1S/C22H27ClN4O4/c1-15(18-9-12-31-24-18)26(4)19(28)13-22(16-7-5-6-8-17(16)23)14-20(29)27(21(22)30)11-10-25(2)3/h5-9,12,15H,10-11,13-14H2,1-4H3/t15-,22-/m0/s1. The molecule has 2 aromatic rings. The Bertz CT molecular complexity index is 962. The second-order valence-corrected chi connectivity index (χ2v) is 8.58. The highest BCUT2D eigenvalue weighted by Crippen LogP contribution is 2.43. The van der Waals surface area contributed by atoms with Gasteiger partial charge < -0.3 is 14.3 Å². The van der Waals surface area contributed by atoms with Gasteiger partial charge in [0, 0.05) is 44.1 Å². The van der Waals surface area contributed by atoms with E-state index in [2.05, 4.69) is 5.16 Å². The van der Waals surface area contributed by atoms with Gasteiger partial charge in [-0.25, -0.2) is 0 Å². The van der Waals surface area contributed by atoms with Gasteiger partial charge in [-0.1, -0.05) is 35.0 Å². The molecule has 1 saturated heterocycles. The SMILES string of the molecule is C[C@@H](c1ccon1)N(C)C(=O)C[C@@]1(c2ccccc2Cl)CC(=O)N(CCN(C)C)C1=O. The van der Waals surface area contributed by atoms with E-state index in [1.54, 1.807) is 37.4 Å². The molecule has 0 bridgehead atoms. The van der Waals surface area contributed by atoms with Crippen molar-refractivity contribution in [2.45, 2.75) is 31.2 Å². The van der Waals surface area contributed by atoms with Gasteiger partial charge in [-0.2, -0.15) is 0 Å². The monoisotopic (exact) mass is 446 g/mol. The molecule has 0 saturated carbocycles. The van der Waals surface area contributed by atoms with Crippen LogP contribution in [0.3, 0.4) is 0 Å². The largest absolute Gasteiger partial charge is 0.364 e. The Kier molecular flexibility index (Phi) is 6.81. The predicted molar refractivity (Wildman–Crippen MR) is 115 cm³/mol. The second-order valence-electron chi connectivity index (χ2n) is 8.17. The minimum absolute atomic E-state index is 0.0963. The Morgan fingerprint density at radius 3 is 2.58 bits per heavy atom. The van der Waals surface area contributed by atoms with Crippen LogP contribution in [0.15, 0.2) is 41.1 Å². The Morgan fingerprint density at radius 1 is 1.26 bits per heavy atom. The lowest BCUT2D eigenvalue weighted by Gasteiger charge is -2.31. The first-order chi connectivity index (χ1) is 14.7. The molecule has 0 N–H and O–H groups in total. The average molecular weight is 447 g/mol. The van der Waals surface area contributed by atoms with Crippen LogP contribution in [0.4, 0.5) is 0 Å². The zero-order valence-corrected chi connectivity index (χ0v) is 18.9. The molecule has 1 aliphatic heterocycles. The van der Waals surface area contributed by atoms with E-state index in [1.165, 1.54) is 16.1 Å². The molecule has 1 aliphatic rings. The molecule has 1 aromatic heterocycles. The van der Waals surface area contributed by atoms with Crippen molar-refractivity contribution in [3.63, 3.8) is 0 Å². The van der Waals surface area contributed by atoms with E-state index >= 15 is 0 Å². The number of imide groups is 1. The molecule has 0 aliphatic carbocycles. The first-order valence-corrected chi connectivity index (χ1v) is 10.5. The zero-order chi connectivity index (χ0) is 22.8. The van der Waals surface area contributed by atoms with Crippen LogP contribution in [0, 0.1) is 0 Å². The molecule has 2 heterocycles. The molecule has 2 atom stereocenters. The van der Waals surface area contributed by atoms with Crippen molar-refractivity contribution in [3.8, 4) is 0 Å². The minimum atomic E-state index is -1.34. The Labute approximate surface area is 186 Å². The van der Waals surface area contributed by atoms with E-state index in [-0.39, 0.29) is 43.1 Å². The second kappa shape index (κ2) is 9.20. The van der Waals surface area contributed by atoms with E-state index in [1.807, 2.05) is 25.9 Å². The van der Waals surface area contributed by atoms with Gasteiger partial charge in [0.15, 0.2) is 0 Å². The number of amides is 3. The molecule has 166 valence electrons. The van der Waals surface area contributed by atoms with Gasteiger partial charge in [-0.3, -0.25) is 19.3 Å². The van der Waals surface area contributed by atoms with Crippen molar-refractivity contribution in [1.82, 2.24) is 19.9 Å². The average Bonchev–Trinajstić information content (AvgIpc) is 3.34. The van der Waals surface area contributed by atoms with Crippen LogP contribution in [-0.4, -0.2) is 71.8 Å². The molecule has 0 radical (unpaired) electrons. The molecule has 31 heavy (non-hydrogen) atoms. The van der Waals surface area contributed by atoms with Gasteiger partial charge in [0.05, 0.1) is 11.5 Å². The fourth-order valence-corrected chi connectivity index (χ4v) is 4.17. The summed E-state index contributed by atoms with van der Waals surface area (Å²) in [5, 5.41) is 4.26. The third-order valence-electron chi connectivity index (χ3n) is 5.88. The van der Waals surface area contributed by atoms with Crippen molar-refractivity contribution in [2.24, 2.45) is 0 Å². The van der Waals surface area contributed by atoms with E-state index in [0.717, 1.165) is 0 Å². The number of carbonyl (C=O) groups is 3. The molecule has 1 fully saturated rings. The van der Waals surface area contributed by atoms with Crippen LogP contribution in [0.5, 0.6) is 0 Å². The normalized spacial score (nSPS) is 19.9. The first kappa shape index (κ1) is 23.0. The van der Waals surface area contributed by atoms with E-state index < -0.39 is 5.41 Å². The van der Waals surface area contributed by atoms with E-state index in [0.29, 0.717) is 22.8 Å². The number of likely N-dealkylation sites (tertiary alicyclic amines) is 1. The number of nitrogens with zero attached hydrogens (tertiary/aromatic N) is 4. The van der Waals surface area contributed by atoms with Crippen LogP contribution in [-0.2, 0) is 19.8 Å². The molecule has 9 heteroatoms. The summed E-state index contributed by atoms with van der Waals surface area (Å²) in [6.07, 6.45) is 1.18. The summed E-state index contributed by atoms with van der Waals surface area (Å²) in [7, 11) is 5.39. The van der Waals surface area contributed by atoms with Crippen molar-refractivity contribution >= 4 is 29.3 Å². The smallest absolute Gasteiger partial charge is 0.240 e. The van der Waals surface area contributed by atoms with E-state index in [9.17, 15) is 14.4 Å². The highest BCUT2D eigenvalue weighted by molar-refractivity contribution is 6.32. The molecule has 0 unspecified atom stereocenters. The van der Waals surface area contributed by atoms with Gasteiger partial charge in [-0.15, -0.1) is 0 Å². The molecular weight excluding hydrogens is 420 g/mol. The molecule has 3 amide bonds. The van der Waals surface area contributed by atoms with Crippen molar-refractivity contribution in [1.29, 1.82) is 0 Å². The van der Waals surface area contributed by atoms with Crippen LogP contribution in [0.1, 0.15) is 37.1 Å². The van der Waals surface area contributed by atoms with E-state index in [4.69, 9.17) is 16.1 Å². The third-order valence-corrected chi connectivity index (χ3v) is 6.21. The fourth-order valence-electron chi connectivity index (χ4n) is 3.85. The summed E-state index contributed by atoms with van der Waals surface area (Å²) in [5.41, 5.74) is -0.237. The van der Waals surface area contributed by atoms with Gasteiger partial charge >= 0.3 is 0 Å². The molecule has 1 aromatic carbocycles. The lowest BCUT2D eigenvalue weighted by molar-refractivity contribution is -0.143. The van der Waals surface area contributed by atoms with Crippen molar-refractivity contribution in [3.05, 3.63) is 52.9 Å². The Morgan fingerprint density at radius 2 is 1.97 bits per heavy atom. The Hall–Kier alpha value is -2.71. The quantitative estimate of drug-likeness (QED) is 0.579. The third kappa shape index (κ3) is 4.50. The molecule has 3 rings (SSSR count). The number of likely N-dealkylation sites (N-methyl/N-ethyl adjacent to an activating group) is 1. The summed E-state index contributed by atoms with van der Waals surface area (Å²) >= 11 is 6.45. The summed E-state index contributed by atoms with van der Waals surface area (Å²) in [6.45, 7) is 2.62. The van der Waals surface area contributed by atoms with Gasteiger partial charge in [0.2, 0.25) is 17.7 Å². The van der Waals surface area contributed by atoms with Crippen LogP contribution in [0.25, 0.3) is 0 Å².